The zero-order valence-corrected chi connectivity index (χ0v) is 31.5. The van der Waals surface area contributed by atoms with Crippen LogP contribution in [-0.2, 0) is 20.9 Å². The van der Waals surface area contributed by atoms with Crippen molar-refractivity contribution in [2.75, 3.05) is 17.7 Å². The number of amides is 2. The van der Waals surface area contributed by atoms with Crippen LogP contribution < -0.4 is 26.0 Å². The number of rotatable bonds is 9. The molecule has 4 N–H and O–H groups in total. The second-order valence-electron chi connectivity index (χ2n) is 14.7. The molecule has 1 aliphatic carbocycles. The van der Waals surface area contributed by atoms with Crippen molar-refractivity contribution in [3.8, 4) is 5.75 Å². The van der Waals surface area contributed by atoms with Crippen LogP contribution in [0.15, 0.2) is 77.6 Å². The number of nitrogens with two attached hydrogens (primary N) is 1. The van der Waals surface area contributed by atoms with Gasteiger partial charge >= 0.3 is 6.03 Å². The highest BCUT2D eigenvalue weighted by molar-refractivity contribution is 7.85. The summed E-state index contributed by atoms with van der Waals surface area (Å²) in [6.07, 6.45) is 8.84. The largest absolute Gasteiger partial charge is 0.484 e. The number of hydrogen-bond donors (Lipinski definition) is 3. The molecule has 2 aromatic carbocycles. The van der Waals surface area contributed by atoms with Crippen LogP contribution in [0.1, 0.15) is 88.6 Å². The van der Waals surface area contributed by atoms with E-state index in [2.05, 4.69) is 37.6 Å². The molecule has 4 aromatic rings. The quantitative estimate of drug-likeness (QED) is 0.0973. The molecule has 13 nitrogen and oxygen atoms in total. The molecule has 2 amide bonds. The summed E-state index contributed by atoms with van der Waals surface area (Å²) in [5, 5.41) is 14.8. The molecular formula is C38H47FN8O5S. The summed E-state index contributed by atoms with van der Waals surface area (Å²) in [6.45, 7) is 8.42. The van der Waals surface area contributed by atoms with Gasteiger partial charge in [-0.2, -0.15) is 8.42 Å². The van der Waals surface area contributed by atoms with Crippen LogP contribution in [-0.4, -0.2) is 53.7 Å². The molecule has 3 atom stereocenters. The van der Waals surface area contributed by atoms with E-state index < -0.39 is 34.0 Å². The summed E-state index contributed by atoms with van der Waals surface area (Å²) in [5.74, 6) is 0.978. The molecule has 0 radical (unpaired) electrons. The maximum atomic E-state index is 14.5. The third-order valence-corrected chi connectivity index (χ3v) is 10.1. The second kappa shape index (κ2) is 15.5. The number of aromatic nitrogens is 3. The van der Waals surface area contributed by atoms with E-state index >= 15 is 0 Å². The second-order valence-corrected chi connectivity index (χ2v) is 16.3. The number of amidine groups is 1. The Morgan fingerprint density at radius 1 is 1.08 bits per heavy atom. The number of pyridine rings is 1. The molecule has 282 valence electrons. The summed E-state index contributed by atoms with van der Waals surface area (Å²) in [6, 6.07) is 15.2. The number of carbonyl (C=O) groups is 1. The van der Waals surface area contributed by atoms with Crippen molar-refractivity contribution < 1.29 is 26.5 Å². The number of halogens is 1. The number of piperidine rings is 1. The molecular weight excluding hydrogens is 700 g/mol. The average Bonchev–Trinajstić information content (AvgIpc) is 3.52. The van der Waals surface area contributed by atoms with E-state index in [0.29, 0.717) is 30.3 Å². The van der Waals surface area contributed by atoms with Gasteiger partial charge in [-0.25, -0.2) is 14.2 Å². The Hall–Kier alpha value is -5.02. The Morgan fingerprint density at radius 2 is 1.85 bits per heavy atom. The van der Waals surface area contributed by atoms with Gasteiger partial charge in [-0.05, 0) is 80.5 Å². The zero-order valence-electron chi connectivity index (χ0n) is 30.7. The minimum absolute atomic E-state index is 0.0116. The van der Waals surface area contributed by atoms with E-state index in [1.807, 2.05) is 67.8 Å². The lowest BCUT2D eigenvalue weighted by Crippen LogP contribution is -2.42. The van der Waals surface area contributed by atoms with Crippen LogP contribution in [0.3, 0.4) is 0 Å². The highest BCUT2D eigenvalue weighted by Crippen LogP contribution is 2.39. The minimum Gasteiger partial charge on any atom is -0.484 e. The Kier molecular flexibility index (Phi) is 11.1. The molecule has 6 rings (SSSR count). The Labute approximate surface area is 309 Å². The van der Waals surface area contributed by atoms with Gasteiger partial charge in [0.05, 0.1) is 30.8 Å². The van der Waals surface area contributed by atoms with Crippen LogP contribution in [0.25, 0.3) is 5.65 Å². The van der Waals surface area contributed by atoms with Crippen molar-refractivity contribution in [1.82, 2.24) is 25.2 Å². The van der Waals surface area contributed by atoms with Gasteiger partial charge in [0, 0.05) is 35.3 Å². The maximum Gasteiger partial charge on any atom is 0.320 e. The standard InChI is InChI=1S/C38H47FN8O5S/c1-24-10-8-9-19-46(24)37-45-44-35-18-14-27(22-47(35)37)52-32-17-16-31(28-11-6-7-12-29(28)32)42-36(48)43-34(21-33(40)38(2,3)4)41-26-13-15-30(39)25(20-26)23-51-53(5,49)50/h6-7,11-15,18,20-22,24,31-32H,8-10,16-17,19,23,40H2,1-5H3,(H2,41,42,43,48)/t24-,31-,32+/m0/s1. The molecule has 1 saturated heterocycles. The maximum absolute atomic E-state index is 14.5. The molecule has 0 bridgehead atoms. The molecule has 53 heavy (non-hydrogen) atoms. The van der Waals surface area contributed by atoms with Gasteiger partial charge in [0.2, 0.25) is 5.95 Å². The van der Waals surface area contributed by atoms with Gasteiger partial charge in [0.25, 0.3) is 10.1 Å². The van der Waals surface area contributed by atoms with Gasteiger partial charge in [0.15, 0.2) is 5.65 Å². The van der Waals surface area contributed by atoms with E-state index in [4.69, 9.17) is 14.7 Å². The fourth-order valence-corrected chi connectivity index (χ4v) is 6.87. The van der Waals surface area contributed by atoms with Gasteiger partial charge in [-0.1, -0.05) is 45.0 Å². The summed E-state index contributed by atoms with van der Waals surface area (Å²) in [5.41, 5.74) is 9.29. The van der Waals surface area contributed by atoms with Gasteiger partial charge < -0.3 is 20.7 Å². The fraction of sp³-hybridized carbons (Fsp3) is 0.421. The third kappa shape index (κ3) is 9.32. The smallest absolute Gasteiger partial charge is 0.320 e. The normalized spacial score (nSPS) is 19.9. The van der Waals surface area contributed by atoms with E-state index in [-0.39, 0.29) is 29.2 Å². The highest BCUT2D eigenvalue weighted by Gasteiger charge is 2.30. The molecule has 0 unspecified atom stereocenters. The minimum atomic E-state index is -3.80. The Morgan fingerprint density at radius 3 is 2.58 bits per heavy atom. The third-order valence-electron chi connectivity index (χ3n) is 9.54. The van der Waals surface area contributed by atoms with Crippen molar-refractivity contribution in [1.29, 1.82) is 0 Å². The lowest BCUT2D eigenvalue weighted by Gasteiger charge is -2.33. The lowest BCUT2D eigenvalue weighted by atomic mass is 9.85. The van der Waals surface area contributed by atoms with Crippen LogP contribution in [0.4, 0.5) is 20.8 Å². The molecule has 3 heterocycles. The van der Waals surface area contributed by atoms with Crippen LogP contribution >= 0.6 is 0 Å². The summed E-state index contributed by atoms with van der Waals surface area (Å²) in [7, 11) is -3.80. The number of ether oxygens (including phenoxy) is 1. The van der Waals surface area contributed by atoms with Crippen molar-refractivity contribution in [3.05, 3.63) is 95.1 Å². The molecule has 15 heteroatoms. The van der Waals surface area contributed by atoms with Crippen LogP contribution in [0, 0.1) is 11.2 Å². The predicted octanol–water partition coefficient (Wildman–Crippen LogP) is 6.60. The van der Waals surface area contributed by atoms with E-state index in [1.54, 1.807) is 6.08 Å². The summed E-state index contributed by atoms with van der Waals surface area (Å²) in [4.78, 5) is 20.4. The SMILES string of the molecule is C[C@H]1CCCCN1c1nnc2ccc(O[C@@H]3CC[C@H](NC(=O)NC(C=C(N)C(C)(C)C)=Nc4ccc(F)c(COS(C)(=O)=O)c4)c4ccccc43)cn12. The van der Waals surface area contributed by atoms with Gasteiger partial charge in [-0.15, -0.1) is 10.2 Å². The highest BCUT2D eigenvalue weighted by atomic mass is 32.2. The Bertz CT molecular complexity index is 2150. The number of aliphatic imine (C=N–C) groups is 1. The number of nitrogens with zero attached hydrogens (tertiary/aromatic N) is 5. The first kappa shape index (κ1) is 37.7. The summed E-state index contributed by atoms with van der Waals surface area (Å²) >= 11 is 0. The topological polar surface area (TPSA) is 166 Å². The van der Waals surface area contributed by atoms with E-state index in [9.17, 15) is 17.6 Å². The monoisotopic (exact) mass is 746 g/mol. The molecule has 1 aliphatic heterocycles. The van der Waals surface area contributed by atoms with Gasteiger partial charge in [0.1, 0.15) is 23.5 Å². The molecule has 2 aromatic heterocycles. The number of benzene rings is 2. The number of hydrogen-bond acceptors (Lipinski definition) is 10. The summed E-state index contributed by atoms with van der Waals surface area (Å²) < 4.78 is 50.9. The first-order chi connectivity index (χ1) is 25.1. The molecule has 2 aliphatic rings. The number of anilines is 1. The van der Waals surface area contributed by atoms with Crippen LogP contribution in [0.2, 0.25) is 0 Å². The lowest BCUT2D eigenvalue weighted by molar-refractivity contribution is 0.171. The molecule has 0 saturated carbocycles. The van der Waals surface area contributed by atoms with Crippen molar-refractivity contribution in [3.63, 3.8) is 0 Å². The van der Waals surface area contributed by atoms with E-state index in [0.717, 1.165) is 54.4 Å². The van der Waals surface area contributed by atoms with Crippen molar-refractivity contribution >= 4 is 39.3 Å². The van der Waals surface area contributed by atoms with E-state index in [1.165, 1.54) is 18.6 Å². The first-order valence-corrected chi connectivity index (χ1v) is 19.6. The number of nitrogens with one attached hydrogen (secondary N) is 2. The van der Waals surface area contributed by atoms with Crippen molar-refractivity contribution in [2.45, 2.75) is 84.6 Å². The number of fused-ring (bicyclic) bond motifs is 2. The number of allylic oxidation sites excluding steroid dienone is 1. The predicted molar refractivity (Wildman–Crippen MR) is 202 cm³/mol. The van der Waals surface area contributed by atoms with Gasteiger partial charge in [-0.3, -0.25) is 13.9 Å². The molecule has 1 fully saturated rings. The average molecular weight is 747 g/mol. The fourth-order valence-electron chi connectivity index (χ4n) is 6.53. The molecule has 0 spiro atoms. The zero-order chi connectivity index (χ0) is 37.9. The van der Waals surface area contributed by atoms with Crippen LogP contribution in [0.5, 0.6) is 5.75 Å². The first-order valence-electron chi connectivity index (χ1n) is 17.8. The Balaban J connectivity index is 1.20. The number of carbonyl (C=O) groups excluding carboxylic acids is 1. The van der Waals surface area contributed by atoms with Crippen molar-refractivity contribution in [2.24, 2.45) is 16.1 Å². The number of urea groups is 1.